The molecular formula is C10H11N3O2. The summed E-state index contributed by atoms with van der Waals surface area (Å²) < 4.78 is 0. The molecule has 0 unspecified atom stereocenters. The van der Waals surface area contributed by atoms with Gasteiger partial charge in [-0.1, -0.05) is 0 Å². The van der Waals surface area contributed by atoms with Crippen molar-refractivity contribution in [3.05, 3.63) is 34.2 Å². The maximum atomic E-state index is 11.5. The zero-order chi connectivity index (χ0) is 10.8. The van der Waals surface area contributed by atoms with Crippen LogP contribution in [0.25, 0.3) is 11.0 Å². The topological polar surface area (TPSA) is 77.8 Å². The molecular weight excluding hydrogens is 194 g/mol. The third kappa shape index (κ3) is 1.82. The Kier molecular flexibility index (Phi) is 2.39. The number of carbonyl (C=O) groups is 1. The molecule has 5 nitrogen and oxygen atoms in total. The first-order chi connectivity index (χ1) is 7.20. The number of hydrogen-bond donors (Lipinski definition) is 3. The Morgan fingerprint density at radius 2 is 2.07 bits per heavy atom. The minimum absolute atomic E-state index is 0.00134. The van der Waals surface area contributed by atoms with Crippen LogP contribution >= 0.6 is 0 Å². The van der Waals surface area contributed by atoms with Crippen LogP contribution < -0.4 is 11.0 Å². The van der Waals surface area contributed by atoms with E-state index in [1.165, 1.54) is 0 Å². The Labute approximate surface area is 85.5 Å². The lowest BCUT2D eigenvalue weighted by Crippen LogP contribution is -2.18. The van der Waals surface area contributed by atoms with Crippen molar-refractivity contribution in [2.24, 2.45) is 0 Å². The first kappa shape index (κ1) is 9.67. The molecule has 3 N–H and O–H groups in total. The van der Waals surface area contributed by atoms with Gasteiger partial charge in [0, 0.05) is 5.56 Å². The van der Waals surface area contributed by atoms with E-state index < -0.39 is 0 Å². The van der Waals surface area contributed by atoms with Gasteiger partial charge in [0.2, 0.25) is 0 Å². The summed E-state index contributed by atoms with van der Waals surface area (Å²) in [5.41, 5.74) is 1.69. The van der Waals surface area contributed by atoms with Crippen molar-refractivity contribution in [1.82, 2.24) is 15.3 Å². The molecule has 1 aromatic heterocycles. The molecule has 0 bridgehead atoms. The zero-order valence-corrected chi connectivity index (χ0v) is 8.26. The van der Waals surface area contributed by atoms with E-state index in [0.29, 0.717) is 23.1 Å². The molecule has 2 aromatic rings. The summed E-state index contributed by atoms with van der Waals surface area (Å²) in [6.07, 6.45) is 0. The number of Topliss-reactive ketones (excluding diaryl/α,β-unsaturated/α-hetero) is 1. The number of ketones is 1. The first-order valence-corrected chi connectivity index (χ1v) is 4.60. The fourth-order valence-corrected chi connectivity index (χ4v) is 1.47. The summed E-state index contributed by atoms with van der Waals surface area (Å²) in [5.74, 6) is 0.00134. The molecule has 0 aliphatic heterocycles. The largest absolute Gasteiger partial charge is 0.323 e. The molecule has 15 heavy (non-hydrogen) atoms. The highest BCUT2D eigenvalue weighted by atomic mass is 16.1. The zero-order valence-electron chi connectivity index (χ0n) is 8.26. The van der Waals surface area contributed by atoms with Gasteiger partial charge in [-0.25, -0.2) is 4.79 Å². The van der Waals surface area contributed by atoms with Gasteiger partial charge in [0.1, 0.15) is 0 Å². The van der Waals surface area contributed by atoms with E-state index in [1.54, 1.807) is 25.2 Å². The van der Waals surface area contributed by atoms with Gasteiger partial charge in [-0.2, -0.15) is 0 Å². The summed E-state index contributed by atoms with van der Waals surface area (Å²) in [5, 5.41) is 2.79. The Morgan fingerprint density at radius 1 is 1.33 bits per heavy atom. The van der Waals surface area contributed by atoms with Crippen LogP contribution in [0.1, 0.15) is 10.4 Å². The number of aromatic amines is 2. The Morgan fingerprint density at radius 3 is 2.80 bits per heavy atom. The van der Waals surface area contributed by atoms with E-state index in [4.69, 9.17) is 0 Å². The van der Waals surface area contributed by atoms with Crippen molar-refractivity contribution < 1.29 is 4.79 Å². The van der Waals surface area contributed by atoms with E-state index in [9.17, 15) is 9.59 Å². The van der Waals surface area contributed by atoms with Crippen LogP contribution in [0, 0.1) is 0 Å². The average Bonchev–Trinajstić information content (AvgIpc) is 2.57. The lowest BCUT2D eigenvalue weighted by Gasteiger charge is -1.99. The van der Waals surface area contributed by atoms with Gasteiger partial charge in [-0.3, -0.25) is 4.79 Å². The number of nitrogens with one attached hydrogen (secondary N) is 3. The van der Waals surface area contributed by atoms with Gasteiger partial charge in [-0.15, -0.1) is 0 Å². The predicted octanol–water partition coefficient (Wildman–Crippen LogP) is 0.258. The molecule has 1 aromatic carbocycles. The monoisotopic (exact) mass is 205 g/mol. The molecule has 0 saturated heterocycles. The second-order valence-electron chi connectivity index (χ2n) is 3.29. The molecule has 0 fully saturated rings. The molecule has 0 radical (unpaired) electrons. The van der Waals surface area contributed by atoms with Crippen molar-refractivity contribution in [2.75, 3.05) is 13.6 Å². The minimum atomic E-state index is -0.261. The van der Waals surface area contributed by atoms with Gasteiger partial charge in [0.05, 0.1) is 17.6 Å². The lowest BCUT2D eigenvalue weighted by molar-refractivity contribution is 0.0993. The molecule has 5 heteroatoms. The maximum absolute atomic E-state index is 11.5. The highest BCUT2D eigenvalue weighted by Crippen LogP contribution is 2.10. The highest BCUT2D eigenvalue weighted by Gasteiger charge is 2.06. The molecule has 0 aliphatic carbocycles. The maximum Gasteiger partial charge on any atom is 0.323 e. The predicted molar refractivity (Wildman–Crippen MR) is 57.2 cm³/mol. The summed E-state index contributed by atoms with van der Waals surface area (Å²) in [7, 11) is 1.72. The smallest absolute Gasteiger partial charge is 0.313 e. The highest BCUT2D eigenvalue weighted by molar-refractivity contribution is 6.00. The van der Waals surface area contributed by atoms with Gasteiger partial charge in [0.25, 0.3) is 0 Å². The fraction of sp³-hybridized carbons (Fsp3) is 0.200. The van der Waals surface area contributed by atoms with Crippen LogP contribution in [0.15, 0.2) is 23.0 Å². The number of carbonyl (C=O) groups excluding carboxylic acids is 1. The summed E-state index contributed by atoms with van der Waals surface area (Å²) in [6.45, 7) is 0.292. The normalized spacial score (nSPS) is 10.7. The van der Waals surface area contributed by atoms with Crippen LogP contribution in [0.5, 0.6) is 0 Å². The molecule has 0 amide bonds. The third-order valence-electron chi connectivity index (χ3n) is 2.18. The molecule has 0 atom stereocenters. The van der Waals surface area contributed by atoms with E-state index >= 15 is 0 Å². The van der Waals surface area contributed by atoms with Crippen molar-refractivity contribution in [3.8, 4) is 0 Å². The SMILES string of the molecule is CNCC(=O)c1ccc2[nH]c(=O)[nH]c2c1. The number of rotatable bonds is 3. The van der Waals surface area contributed by atoms with Crippen LogP contribution in [-0.4, -0.2) is 29.3 Å². The summed E-state index contributed by atoms with van der Waals surface area (Å²) in [6, 6.07) is 5.09. The van der Waals surface area contributed by atoms with Crippen LogP contribution in [0.2, 0.25) is 0 Å². The lowest BCUT2D eigenvalue weighted by atomic mass is 10.1. The second-order valence-corrected chi connectivity index (χ2v) is 3.29. The summed E-state index contributed by atoms with van der Waals surface area (Å²) >= 11 is 0. The standard InChI is InChI=1S/C10H11N3O2/c1-11-5-9(14)6-2-3-7-8(4-6)13-10(15)12-7/h2-4,11H,5H2,1H3,(H2,12,13,15). The van der Waals surface area contributed by atoms with Gasteiger partial charge < -0.3 is 15.3 Å². The molecule has 0 spiro atoms. The Hall–Kier alpha value is -1.88. The Bertz CT molecular complexity index is 553. The van der Waals surface area contributed by atoms with Crippen molar-refractivity contribution in [3.63, 3.8) is 0 Å². The minimum Gasteiger partial charge on any atom is -0.313 e. The van der Waals surface area contributed by atoms with E-state index in [-0.39, 0.29) is 11.5 Å². The van der Waals surface area contributed by atoms with E-state index in [1.807, 2.05) is 0 Å². The van der Waals surface area contributed by atoms with Gasteiger partial charge in [0.15, 0.2) is 5.78 Å². The first-order valence-electron chi connectivity index (χ1n) is 4.60. The van der Waals surface area contributed by atoms with Crippen LogP contribution in [0.4, 0.5) is 0 Å². The van der Waals surface area contributed by atoms with E-state index in [0.717, 1.165) is 0 Å². The van der Waals surface area contributed by atoms with Gasteiger partial charge in [-0.05, 0) is 25.2 Å². The third-order valence-corrected chi connectivity index (χ3v) is 2.18. The number of hydrogen-bond acceptors (Lipinski definition) is 3. The molecule has 78 valence electrons. The number of aromatic nitrogens is 2. The molecule has 0 aliphatic rings. The molecule has 0 saturated carbocycles. The summed E-state index contributed by atoms with van der Waals surface area (Å²) in [4.78, 5) is 27.7. The quantitative estimate of drug-likeness (QED) is 0.629. The van der Waals surface area contributed by atoms with Crippen LogP contribution in [-0.2, 0) is 0 Å². The number of benzene rings is 1. The molecule has 1 heterocycles. The van der Waals surface area contributed by atoms with Crippen LogP contribution in [0.3, 0.4) is 0 Å². The number of likely N-dealkylation sites (N-methyl/N-ethyl adjacent to an activating group) is 1. The van der Waals surface area contributed by atoms with Crippen molar-refractivity contribution in [2.45, 2.75) is 0 Å². The number of fused-ring (bicyclic) bond motifs is 1. The van der Waals surface area contributed by atoms with E-state index in [2.05, 4.69) is 15.3 Å². The van der Waals surface area contributed by atoms with Crippen molar-refractivity contribution in [1.29, 1.82) is 0 Å². The molecule has 2 rings (SSSR count). The fourth-order valence-electron chi connectivity index (χ4n) is 1.47. The number of H-pyrrole nitrogens is 2. The Balaban J connectivity index is 2.46. The van der Waals surface area contributed by atoms with Gasteiger partial charge >= 0.3 is 5.69 Å². The average molecular weight is 205 g/mol. The second kappa shape index (κ2) is 3.70. The number of imidazole rings is 1. The van der Waals surface area contributed by atoms with Crippen molar-refractivity contribution >= 4 is 16.8 Å².